The van der Waals surface area contributed by atoms with Crippen LogP contribution in [0.1, 0.15) is 69.1 Å². The molecular weight excluding hydrogens is 230 g/mol. The summed E-state index contributed by atoms with van der Waals surface area (Å²) < 4.78 is 11.1. The summed E-state index contributed by atoms with van der Waals surface area (Å²) in [7, 11) is 0. The molecule has 18 heavy (non-hydrogen) atoms. The summed E-state index contributed by atoms with van der Waals surface area (Å²) in [4.78, 5) is 4.48. The Balaban J connectivity index is 1.66. The molecule has 0 radical (unpaired) electrons. The van der Waals surface area contributed by atoms with Gasteiger partial charge in [-0.3, -0.25) is 0 Å². The number of fused-ring (bicyclic) bond motifs is 2. The Morgan fingerprint density at radius 1 is 1.44 bits per heavy atom. The molecule has 2 bridgehead atoms. The van der Waals surface area contributed by atoms with E-state index in [-0.39, 0.29) is 6.04 Å². The van der Waals surface area contributed by atoms with Gasteiger partial charge < -0.3 is 15.0 Å². The highest BCUT2D eigenvalue weighted by molar-refractivity contribution is 5.07. The molecule has 2 aliphatic heterocycles. The Kier molecular flexibility index (Phi) is 3.35. The molecule has 0 spiro atoms. The molecule has 5 nitrogen and oxygen atoms in total. The lowest BCUT2D eigenvalue weighted by Gasteiger charge is -2.13. The third-order valence-corrected chi connectivity index (χ3v) is 4.08. The van der Waals surface area contributed by atoms with Crippen LogP contribution in [0.4, 0.5) is 0 Å². The monoisotopic (exact) mass is 251 g/mol. The molecule has 5 heteroatoms. The van der Waals surface area contributed by atoms with Crippen LogP contribution in [0.15, 0.2) is 4.52 Å². The first-order valence-corrected chi connectivity index (χ1v) is 7.02. The molecule has 0 aliphatic carbocycles. The number of nitrogens with two attached hydrogens (primary N) is 1. The van der Waals surface area contributed by atoms with Crippen molar-refractivity contribution in [2.75, 3.05) is 0 Å². The molecule has 100 valence electrons. The lowest BCUT2D eigenvalue weighted by atomic mass is 9.89. The number of unbranched alkanes of at least 4 members (excludes halogenated alkanes) is 1. The van der Waals surface area contributed by atoms with E-state index in [1.54, 1.807) is 0 Å². The smallest absolute Gasteiger partial charge is 0.243 e. The van der Waals surface area contributed by atoms with E-state index in [4.69, 9.17) is 15.0 Å². The van der Waals surface area contributed by atoms with Crippen LogP contribution in [-0.2, 0) is 4.74 Å². The van der Waals surface area contributed by atoms with Gasteiger partial charge in [0.25, 0.3) is 0 Å². The van der Waals surface area contributed by atoms with Crippen LogP contribution in [0, 0.1) is 0 Å². The van der Waals surface area contributed by atoms with Crippen LogP contribution < -0.4 is 5.73 Å². The molecular formula is C13H21N3O2. The fourth-order valence-electron chi connectivity index (χ4n) is 3.01. The molecule has 2 fully saturated rings. The molecule has 2 saturated heterocycles. The first-order chi connectivity index (χ1) is 8.78. The summed E-state index contributed by atoms with van der Waals surface area (Å²) in [5, 5.41) is 4.10. The van der Waals surface area contributed by atoms with Gasteiger partial charge in [-0.05, 0) is 25.7 Å². The predicted octanol–water partition coefficient (Wildman–Crippen LogP) is 2.29. The fraction of sp³-hybridized carbons (Fsp3) is 0.846. The number of rotatable bonds is 5. The van der Waals surface area contributed by atoms with E-state index >= 15 is 0 Å². The second-order valence-electron chi connectivity index (χ2n) is 5.46. The van der Waals surface area contributed by atoms with Crippen molar-refractivity contribution in [3.63, 3.8) is 0 Å². The average molecular weight is 251 g/mol. The van der Waals surface area contributed by atoms with Crippen LogP contribution in [0.2, 0.25) is 0 Å². The van der Waals surface area contributed by atoms with Crippen molar-refractivity contribution in [3.05, 3.63) is 11.7 Å². The van der Waals surface area contributed by atoms with Gasteiger partial charge in [-0.25, -0.2) is 0 Å². The molecule has 2 N–H and O–H groups in total. The van der Waals surface area contributed by atoms with Gasteiger partial charge in [0, 0.05) is 0 Å². The Bertz CT molecular complexity index is 407. The topological polar surface area (TPSA) is 74.2 Å². The van der Waals surface area contributed by atoms with Crippen LogP contribution in [0.3, 0.4) is 0 Å². The lowest BCUT2D eigenvalue weighted by Crippen LogP contribution is -2.16. The molecule has 2 aliphatic rings. The summed E-state index contributed by atoms with van der Waals surface area (Å²) in [6.07, 6.45) is 7.19. The highest BCUT2D eigenvalue weighted by Gasteiger charge is 2.43. The van der Waals surface area contributed by atoms with E-state index in [1.165, 1.54) is 6.42 Å². The van der Waals surface area contributed by atoms with Crippen LogP contribution in [-0.4, -0.2) is 22.3 Å². The second kappa shape index (κ2) is 4.97. The van der Waals surface area contributed by atoms with Crippen LogP contribution >= 0.6 is 0 Å². The Morgan fingerprint density at radius 3 is 3.00 bits per heavy atom. The van der Waals surface area contributed by atoms with Gasteiger partial charge in [0.2, 0.25) is 5.89 Å². The lowest BCUT2D eigenvalue weighted by molar-refractivity contribution is 0.0996. The zero-order chi connectivity index (χ0) is 12.5. The van der Waals surface area contributed by atoms with Gasteiger partial charge in [-0.2, -0.15) is 4.98 Å². The third kappa shape index (κ3) is 2.17. The normalized spacial score (nSPS) is 32.0. The van der Waals surface area contributed by atoms with Gasteiger partial charge in [0.15, 0.2) is 5.82 Å². The maximum atomic E-state index is 6.04. The summed E-state index contributed by atoms with van der Waals surface area (Å²) >= 11 is 0. The minimum absolute atomic E-state index is 0.120. The van der Waals surface area contributed by atoms with Crippen molar-refractivity contribution in [1.29, 1.82) is 0 Å². The molecule has 0 saturated carbocycles. The SMILES string of the molecule is CCCC[C@H](N)c1nc(C2CC3CCC2O3)no1. The van der Waals surface area contributed by atoms with Gasteiger partial charge >= 0.3 is 0 Å². The van der Waals surface area contributed by atoms with E-state index in [0.717, 1.165) is 37.9 Å². The van der Waals surface area contributed by atoms with E-state index in [9.17, 15) is 0 Å². The van der Waals surface area contributed by atoms with Gasteiger partial charge in [0.1, 0.15) is 0 Å². The Morgan fingerprint density at radius 2 is 2.33 bits per heavy atom. The Labute approximate surface area is 107 Å². The van der Waals surface area contributed by atoms with Crippen LogP contribution in [0.25, 0.3) is 0 Å². The molecule has 1 aromatic rings. The summed E-state index contributed by atoms with van der Waals surface area (Å²) in [6.45, 7) is 2.15. The zero-order valence-electron chi connectivity index (χ0n) is 10.8. The van der Waals surface area contributed by atoms with Gasteiger partial charge in [-0.1, -0.05) is 24.9 Å². The summed E-state index contributed by atoms with van der Waals surface area (Å²) in [6, 6.07) is -0.120. The van der Waals surface area contributed by atoms with Crippen molar-refractivity contribution >= 4 is 0 Å². The number of aromatic nitrogens is 2. The third-order valence-electron chi connectivity index (χ3n) is 4.08. The van der Waals surface area contributed by atoms with Crippen LogP contribution in [0.5, 0.6) is 0 Å². The van der Waals surface area contributed by atoms with Crippen molar-refractivity contribution < 1.29 is 9.26 Å². The number of ether oxygens (including phenoxy) is 1. The second-order valence-corrected chi connectivity index (χ2v) is 5.46. The molecule has 3 heterocycles. The number of hydrogen-bond acceptors (Lipinski definition) is 5. The highest BCUT2D eigenvalue weighted by atomic mass is 16.5. The molecule has 3 unspecified atom stereocenters. The van der Waals surface area contributed by atoms with E-state index in [2.05, 4.69) is 17.1 Å². The summed E-state index contributed by atoms with van der Waals surface area (Å²) in [5.74, 6) is 1.70. The van der Waals surface area contributed by atoms with Crippen molar-refractivity contribution in [2.45, 2.75) is 69.6 Å². The highest BCUT2D eigenvalue weighted by Crippen LogP contribution is 2.43. The predicted molar refractivity (Wildman–Crippen MR) is 66.0 cm³/mol. The minimum Gasteiger partial charge on any atom is -0.374 e. The fourth-order valence-corrected chi connectivity index (χ4v) is 3.01. The molecule has 0 amide bonds. The number of nitrogens with zero attached hydrogens (tertiary/aromatic N) is 2. The quantitative estimate of drug-likeness (QED) is 0.869. The maximum absolute atomic E-state index is 6.04. The Hall–Kier alpha value is -0.940. The first-order valence-electron chi connectivity index (χ1n) is 7.02. The van der Waals surface area contributed by atoms with E-state index in [1.807, 2.05) is 0 Å². The standard InChI is InChI=1S/C13H21N3O2/c1-2-3-4-10(14)13-15-12(16-18-13)9-7-8-5-6-11(9)17-8/h8-11H,2-7,14H2,1H3/t8?,9?,10-,11?/m0/s1. The van der Waals surface area contributed by atoms with E-state index < -0.39 is 0 Å². The molecule has 3 rings (SSSR count). The van der Waals surface area contributed by atoms with Crippen molar-refractivity contribution in [2.24, 2.45) is 5.73 Å². The minimum atomic E-state index is -0.120. The van der Waals surface area contributed by atoms with Crippen molar-refractivity contribution in [3.8, 4) is 0 Å². The average Bonchev–Trinajstić information content (AvgIpc) is 3.09. The van der Waals surface area contributed by atoms with Crippen molar-refractivity contribution in [1.82, 2.24) is 10.1 Å². The summed E-state index contributed by atoms with van der Waals surface area (Å²) in [5.41, 5.74) is 6.04. The maximum Gasteiger partial charge on any atom is 0.243 e. The molecule has 1 aromatic heterocycles. The van der Waals surface area contributed by atoms with Gasteiger partial charge in [-0.15, -0.1) is 0 Å². The number of hydrogen-bond donors (Lipinski definition) is 1. The molecule has 0 aromatic carbocycles. The molecule has 4 atom stereocenters. The van der Waals surface area contributed by atoms with Gasteiger partial charge in [0.05, 0.1) is 24.2 Å². The first kappa shape index (κ1) is 12.1. The largest absolute Gasteiger partial charge is 0.374 e. The zero-order valence-corrected chi connectivity index (χ0v) is 10.8. The van der Waals surface area contributed by atoms with E-state index in [0.29, 0.717) is 24.0 Å².